The fourth-order valence-electron chi connectivity index (χ4n) is 5.88. The van der Waals surface area contributed by atoms with Crippen LogP contribution in [0.3, 0.4) is 0 Å². The number of amides is 1. The van der Waals surface area contributed by atoms with E-state index in [4.69, 9.17) is 9.47 Å². The minimum Gasteiger partial charge on any atom is -0.394 e. The summed E-state index contributed by atoms with van der Waals surface area (Å²) in [5.41, 5.74) is 0. The van der Waals surface area contributed by atoms with Gasteiger partial charge < -0.3 is 40.3 Å². The summed E-state index contributed by atoms with van der Waals surface area (Å²) in [6.07, 6.45) is 25.1. The van der Waals surface area contributed by atoms with Crippen molar-refractivity contribution in [3.05, 3.63) is 24.3 Å². The molecule has 0 saturated carbocycles. The van der Waals surface area contributed by atoms with Crippen LogP contribution in [0, 0.1) is 0 Å². The molecule has 0 aromatic heterocycles. The van der Waals surface area contributed by atoms with E-state index in [-0.39, 0.29) is 12.5 Å². The molecule has 9 heteroatoms. The molecule has 7 atom stereocenters. The number of aliphatic hydroxyl groups excluding tert-OH is 5. The summed E-state index contributed by atoms with van der Waals surface area (Å²) in [6.45, 7) is 3.70. The number of hydrogen-bond acceptors (Lipinski definition) is 8. The Morgan fingerprint density at radius 3 is 1.79 bits per heavy atom. The van der Waals surface area contributed by atoms with Gasteiger partial charge in [-0.3, -0.25) is 4.79 Å². The molecule has 0 aromatic rings. The molecular formula is C38H71NO8. The number of ether oxygens (including phenoxy) is 2. The number of carbonyl (C=O) groups is 1. The lowest BCUT2D eigenvalue weighted by Gasteiger charge is -2.40. The molecule has 1 aliphatic rings. The molecule has 1 fully saturated rings. The minimum absolute atomic E-state index is 0.190. The maximum absolute atomic E-state index is 12.8. The Balaban J connectivity index is 2.49. The highest BCUT2D eigenvalue weighted by Crippen LogP contribution is 2.22. The molecule has 0 bridgehead atoms. The van der Waals surface area contributed by atoms with Gasteiger partial charge in [-0.05, 0) is 32.1 Å². The molecule has 1 amide bonds. The highest BCUT2D eigenvalue weighted by molar-refractivity contribution is 5.76. The van der Waals surface area contributed by atoms with Crippen LogP contribution in [0.5, 0.6) is 0 Å². The first-order valence-corrected chi connectivity index (χ1v) is 19.1. The van der Waals surface area contributed by atoms with Gasteiger partial charge in [0.05, 0.1) is 25.4 Å². The lowest BCUT2D eigenvalue weighted by Crippen LogP contribution is -2.60. The summed E-state index contributed by atoms with van der Waals surface area (Å²) in [7, 11) is 0. The van der Waals surface area contributed by atoms with Gasteiger partial charge in [-0.25, -0.2) is 0 Å². The van der Waals surface area contributed by atoms with Crippen molar-refractivity contribution >= 4 is 5.91 Å². The number of nitrogens with one attached hydrogen (secondary N) is 1. The summed E-state index contributed by atoms with van der Waals surface area (Å²) in [4.78, 5) is 12.8. The smallest absolute Gasteiger partial charge is 0.220 e. The third-order valence-electron chi connectivity index (χ3n) is 9.03. The molecule has 0 radical (unpaired) electrons. The predicted octanol–water partition coefficient (Wildman–Crippen LogP) is 6.38. The number of rotatable bonds is 30. The second-order valence-electron chi connectivity index (χ2n) is 13.4. The van der Waals surface area contributed by atoms with Crippen LogP contribution in [-0.2, 0) is 14.3 Å². The van der Waals surface area contributed by atoms with E-state index in [1.807, 2.05) is 6.08 Å². The maximum Gasteiger partial charge on any atom is 0.220 e. The zero-order chi connectivity index (χ0) is 34.5. The number of carbonyl (C=O) groups excluding carboxylic acids is 1. The van der Waals surface area contributed by atoms with Crippen LogP contribution in [0.1, 0.15) is 155 Å². The van der Waals surface area contributed by atoms with Crippen molar-refractivity contribution in [3.8, 4) is 0 Å². The molecule has 6 N–H and O–H groups in total. The first kappa shape index (κ1) is 43.7. The zero-order valence-electron chi connectivity index (χ0n) is 29.8. The number of aliphatic hydroxyl groups is 5. The molecule has 276 valence electrons. The van der Waals surface area contributed by atoms with E-state index in [2.05, 4.69) is 31.3 Å². The molecule has 47 heavy (non-hydrogen) atoms. The van der Waals surface area contributed by atoms with Crippen molar-refractivity contribution in [2.75, 3.05) is 13.2 Å². The second-order valence-corrected chi connectivity index (χ2v) is 13.4. The maximum atomic E-state index is 12.8. The largest absolute Gasteiger partial charge is 0.394 e. The van der Waals surface area contributed by atoms with E-state index < -0.39 is 49.5 Å². The molecule has 9 nitrogen and oxygen atoms in total. The Hall–Kier alpha value is -1.33. The van der Waals surface area contributed by atoms with Crippen LogP contribution in [0.15, 0.2) is 24.3 Å². The van der Waals surface area contributed by atoms with Crippen LogP contribution >= 0.6 is 0 Å². The molecule has 2 unspecified atom stereocenters. The van der Waals surface area contributed by atoms with Crippen molar-refractivity contribution in [2.45, 2.75) is 198 Å². The van der Waals surface area contributed by atoms with Crippen molar-refractivity contribution < 1.29 is 39.8 Å². The average Bonchev–Trinajstić information content (AvgIpc) is 3.07. The van der Waals surface area contributed by atoms with Gasteiger partial charge >= 0.3 is 0 Å². The van der Waals surface area contributed by atoms with Gasteiger partial charge in [-0.15, -0.1) is 0 Å². The molecule has 1 rings (SSSR count). The Morgan fingerprint density at radius 2 is 1.21 bits per heavy atom. The van der Waals surface area contributed by atoms with Gasteiger partial charge in [0.25, 0.3) is 0 Å². The molecule has 1 saturated heterocycles. The van der Waals surface area contributed by atoms with Gasteiger partial charge in [0.1, 0.15) is 24.4 Å². The monoisotopic (exact) mass is 670 g/mol. The van der Waals surface area contributed by atoms with Crippen LogP contribution in [0.25, 0.3) is 0 Å². The van der Waals surface area contributed by atoms with Gasteiger partial charge in [0.15, 0.2) is 6.29 Å². The third-order valence-corrected chi connectivity index (χ3v) is 9.03. The lowest BCUT2D eigenvalue weighted by molar-refractivity contribution is -0.302. The highest BCUT2D eigenvalue weighted by Gasteiger charge is 2.44. The van der Waals surface area contributed by atoms with Crippen LogP contribution in [0.4, 0.5) is 0 Å². The summed E-state index contributed by atoms with van der Waals surface area (Å²) in [5, 5.41) is 53.8. The molecule has 0 aliphatic carbocycles. The van der Waals surface area contributed by atoms with Crippen molar-refractivity contribution in [1.82, 2.24) is 5.32 Å². The quantitative estimate of drug-likeness (QED) is 0.0381. The number of allylic oxidation sites excluding steroid dienone is 3. The second kappa shape index (κ2) is 29.6. The van der Waals surface area contributed by atoms with Gasteiger partial charge in [-0.2, -0.15) is 0 Å². The SMILES string of the molecule is CCCCCCCC/C=C/CC/C=C/[C@@H](O)[C@H](CO[C@@H]1O[C@H](CO)[C@@H](O)C(O)C1O)NC(=O)CCCCCCCCCCCCCC. The molecule has 0 spiro atoms. The first-order chi connectivity index (χ1) is 22.8. The Kier molecular flexibility index (Phi) is 27.5. The Bertz CT molecular complexity index is 792. The highest BCUT2D eigenvalue weighted by atomic mass is 16.7. The lowest BCUT2D eigenvalue weighted by atomic mass is 9.99. The topological polar surface area (TPSA) is 149 Å². The van der Waals surface area contributed by atoms with Crippen LogP contribution in [-0.4, -0.2) is 87.5 Å². The standard InChI is InChI=1S/C38H71NO8/c1-3-5-7-9-11-13-15-17-19-21-23-25-27-32(41)31(30-46-38-37(45)36(44)35(43)33(29-40)47-38)39-34(42)28-26-24-22-20-18-16-14-12-10-8-6-4-2/h17,19,25,27,31-33,35-38,40-41,43-45H,3-16,18,20-24,26,28-30H2,1-2H3,(H,39,42)/b19-17+,27-25+/t31-,32+,33+,35+,36?,37?,38+/m0/s1. The molecular weight excluding hydrogens is 598 g/mol. The Labute approximate surface area is 286 Å². The third kappa shape index (κ3) is 21.4. The minimum atomic E-state index is -1.57. The summed E-state index contributed by atoms with van der Waals surface area (Å²) >= 11 is 0. The zero-order valence-corrected chi connectivity index (χ0v) is 29.8. The van der Waals surface area contributed by atoms with E-state index >= 15 is 0 Å². The van der Waals surface area contributed by atoms with Gasteiger partial charge in [0, 0.05) is 6.42 Å². The summed E-state index contributed by atoms with van der Waals surface area (Å²) in [5.74, 6) is -0.190. The molecule has 1 aliphatic heterocycles. The van der Waals surface area contributed by atoms with Crippen molar-refractivity contribution in [2.24, 2.45) is 0 Å². The number of unbranched alkanes of at least 4 members (excludes halogenated alkanes) is 18. The van der Waals surface area contributed by atoms with E-state index in [9.17, 15) is 30.3 Å². The Morgan fingerprint density at radius 1 is 0.702 bits per heavy atom. The van der Waals surface area contributed by atoms with E-state index in [0.29, 0.717) is 6.42 Å². The predicted molar refractivity (Wildman–Crippen MR) is 189 cm³/mol. The molecule has 1 heterocycles. The average molecular weight is 670 g/mol. The van der Waals surface area contributed by atoms with Crippen molar-refractivity contribution in [3.63, 3.8) is 0 Å². The van der Waals surface area contributed by atoms with E-state index in [1.54, 1.807) is 6.08 Å². The van der Waals surface area contributed by atoms with E-state index in [1.165, 1.54) is 96.3 Å². The van der Waals surface area contributed by atoms with E-state index in [0.717, 1.165) is 38.5 Å². The number of hydrogen-bond donors (Lipinski definition) is 6. The fraction of sp³-hybridized carbons (Fsp3) is 0.868. The first-order valence-electron chi connectivity index (χ1n) is 19.1. The summed E-state index contributed by atoms with van der Waals surface area (Å²) in [6, 6.07) is -0.813. The van der Waals surface area contributed by atoms with Crippen molar-refractivity contribution in [1.29, 1.82) is 0 Å². The van der Waals surface area contributed by atoms with Crippen LogP contribution in [0.2, 0.25) is 0 Å². The van der Waals surface area contributed by atoms with Crippen LogP contribution < -0.4 is 5.32 Å². The fourth-order valence-corrected chi connectivity index (χ4v) is 5.88. The van der Waals surface area contributed by atoms with Gasteiger partial charge in [-0.1, -0.05) is 141 Å². The molecule has 0 aromatic carbocycles. The normalized spacial score (nSPS) is 23.1. The summed E-state index contributed by atoms with van der Waals surface area (Å²) < 4.78 is 11.1. The van der Waals surface area contributed by atoms with Gasteiger partial charge in [0.2, 0.25) is 5.91 Å².